The minimum atomic E-state index is -0.916. The summed E-state index contributed by atoms with van der Waals surface area (Å²) in [5.41, 5.74) is 5.78. The average molecular weight is 746 g/mol. The van der Waals surface area contributed by atoms with Crippen molar-refractivity contribution in [1.82, 2.24) is 4.57 Å². The fourth-order valence-electron chi connectivity index (χ4n) is 7.44. The summed E-state index contributed by atoms with van der Waals surface area (Å²) in [6.45, 7) is 14.4. The van der Waals surface area contributed by atoms with Crippen LogP contribution in [-0.2, 0) is 32.2 Å². The number of carbonyl (C=O) groups is 2. The van der Waals surface area contributed by atoms with Crippen LogP contribution in [0, 0.1) is 5.82 Å². The Morgan fingerprint density at radius 3 is 2.07 bits per heavy atom. The summed E-state index contributed by atoms with van der Waals surface area (Å²) in [7, 11) is 0. The standard InChI is InChI=1S/C47H52FNO6/c1-31(2)43-42(45(51)35-20-24-37(25-21-35)52-30-32-14-10-8-11-15-32)41(33-16-12-9-13-17-33)44(34-18-22-36(48)23-19-34)49(43)27-26-38-28-39(54-47(6,7)53-38)29-40(50)55-46(3,4)5/h8-25,31,38-39H,26-30H2,1-7H3/t38-,39-/m1/s1. The van der Waals surface area contributed by atoms with Gasteiger partial charge in [0, 0.05) is 29.8 Å². The van der Waals surface area contributed by atoms with Gasteiger partial charge in [-0.3, -0.25) is 9.59 Å². The third kappa shape index (κ3) is 9.99. The number of aromatic nitrogens is 1. The topological polar surface area (TPSA) is 76.0 Å². The molecule has 2 heterocycles. The molecule has 288 valence electrons. The van der Waals surface area contributed by atoms with E-state index >= 15 is 0 Å². The zero-order valence-corrected chi connectivity index (χ0v) is 32.9. The van der Waals surface area contributed by atoms with Crippen LogP contribution in [0.5, 0.6) is 5.75 Å². The minimum absolute atomic E-state index is 0.0592. The lowest BCUT2D eigenvalue weighted by molar-refractivity contribution is -0.301. The lowest BCUT2D eigenvalue weighted by Gasteiger charge is -2.41. The van der Waals surface area contributed by atoms with Crippen LogP contribution < -0.4 is 4.74 Å². The van der Waals surface area contributed by atoms with E-state index < -0.39 is 11.4 Å². The van der Waals surface area contributed by atoms with E-state index in [0.29, 0.717) is 42.9 Å². The molecule has 55 heavy (non-hydrogen) atoms. The molecule has 7 nitrogen and oxygen atoms in total. The summed E-state index contributed by atoms with van der Waals surface area (Å²) in [4.78, 5) is 27.8. The first-order valence-corrected chi connectivity index (χ1v) is 19.1. The van der Waals surface area contributed by atoms with E-state index in [2.05, 4.69) is 18.4 Å². The molecule has 1 aliphatic heterocycles. The molecule has 0 unspecified atom stereocenters. The minimum Gasteiger partial charge on any atom is -0.489 e. The first-order chi connectivity index (χ1) is 26.2. The lowest BCUT2D eigenvalue weighted by atomic mass is 9.90. The molecule has 1 saturated heterocycles. The number of rotatable bonds is 13. The predicted molar refractivity (Wildman–Crippen MR) is 214 cm³/mol. The highest BCUT2D eigenvalue weighted by atomic mass is 19.1. The van der Waals surface area contributed by atoms with Gasteiger partial charge in [0.25, 0.3) is 0 Å². The number of hydrogen-bond acceptors (Lipinski definition) is 6. The van der Waals surface area contributed by atoms with Crippen LogP contribution in [0.2, 0.25) is 0 Å². The van der Waals surface area contributed by atoms with Crippen molar-refractivity contribution in [3.63, 3.8) is 0 Å². The summed E-state index contributed by atoms with van der Waals surface area (Å²) in [5, 5.41) is 0. The number of nitrogens with zero attached hydrogens (tertiary/aromatic N) is 1. The quantitative estimate of drug-likeness (QED) is 0.0882. The number of halogens is 1. The van der Waals surface area contributed by atoms with E-state index in [1.165, 1.54) is 12.1 Å². The lowest BCUT2D eigenvalue weighted by Crippen LogP contribution is -2.46. The van der Waals surface area contributed by atoms with Gasteiger partial charge in [-0.2, -0.15) is 0 Å². The van der Waals surface area contributed by atoms with Crippen LogP contribution in [0.25, 0.3) is 22.4 Å². The molecule has 0 radical (unpaired) electrons. The molecule has 2 atom stereocenters. The second kappa shape index (κ2) is 16.8. The molecule has 8 heteroatoms. The largest absolute Gasteiger partial charge is 0.489 e. The third-order valence-electron chi connectivity index (χ3n) is 9.54. The predicted octanol–water partition coefficient (Wildman–Crippen LogP) is 10.9. The maximum absolute atomic E-state index is 14.9. The summed E-state index contributed by atoms with van der Waals surface area (Å²) < 4.78 is 40.9. The normalized spacial score (nSPS) is 16.9. The van der Waals surface area contributed by atoms with Crippen LogP contribution in [-0.4, -0.2) is 39.9 Å². The smallest absolute Gasteiger partial charge is 0.308 e. The van der Waals surface area contributed by atoms with E-state index in [0.717, 1.165) is 33.6 Å². The Kier molecular flexibility index (Phi) is 12.1. The zero-order valence-electron chi connectivity index (χ0n) is 32.9. The van der Waals surface area contributed by atoms with Crippen molar-refractivity contribution in [2.45, 2.75) is 110 Å². The monoisotopic (exact) mass is 745 g/mol. The average Bonchev–Trinajstić information content (AvgIpc) is 3.48. The Morgan fingerprint density at radius 1 is 0.836 bits per heavy atom. The molecule has 0 aliphatic carbocycles. The van der Waals surface area contributed by atoms with Gasteiger partial charge < -0.3 is 23.5 Å². The van der Waals surface area contributed by atoms with Gasteiger partial charge in [-0.15, -0.1) is 0 Å². The molecule has 1 fully saturated rings. The van der Waals surface area contributed by atoms with Gasteiger partial charge in [-0.25, -0.2) is 4.39 Å². The highest BCUT2D eigenvalue weighted by molar-refractivity contribution is 6.16. The number of hydrogen-bond donors (Lipinski definition) is 0. The Hall–Kier alpha value is -5.05. The van der Waals surface area contributed by atoms with Crippen LogP contribution in [0.3, 0.4) is 0 Å². The van der Waals surface area contributed by atoms with Crippen molar-refractivity contribution in [2.75, 3.05) is 0 Å². The molecule has 0 N–H and O–H groups in total. The second-order valence-corrected chi connectivity index (χ2v) is 16.0. The molecule has 0 bridgehead atoms. The van der Waals surface area contributed by atoms with E-state index in [-0.39, 0.29) is 42.1 Å². The maximum atomic E-state index is 14.9. The highest BCUT2D eigenvalue weighted by Gasteiger charge is 2.38. The second-order valence-electron chi connectivity index (χ2n) is 16.0. The number of ketones is 1. The van der Waals surface area contributed by atoms with E-state index in [9.17, 15) is 14.0 Å². The Morgan fingerprint density at radius 2 is 1.45 bits per heavy atom. The Bertz CT molecular complexity index is 2060. The van der Waals surface area contributed by atoms with Gasteiger partial charge in [-0.1, -0.05) is 74.5 Å². The van der Waals surface area contributed by atoms with Crippen molar-refractivity contribution in [3.05, 3.63) is 137 Å². The number of benzene rings is 4. The number of ether oxygens (including phenoxy) is 4. The molecule has 1 aromatic heterocycles. The van der Waals surface area contributed by atoms with Gasteiger partial charge in [0.2, 0.25) is 0 Å². The summed E-state index contributed by atoms with van der Waals surface area (Å²) >= 11 is 0. The fourth-order valence-corrected chi connectivity index (χ4v) is 7.44. The number of esters is 1. The summed E-state index contributed by atoms with van der Waals surface area (Å²) in [6.07, 6.45) is 0.571. The van der Waals surface area contributed by atoms with Crippen molar-refractivity contribution in [2.24, 2.45) is 0 Å². The third-order valence-corrected chi connectivity index (χ3v) is 9.54. The zero-order chi connectivity index (χ0) is 39.3. The Labute approximate surface area is 324 Å². The van der Waals surface area contributed by atoms with Crippen molar-refractivity contribution in [1.29, 1.82) is 0 Å². The fraction of sp³-hybridized carbons (Fsp3) is 0.362. The first kappa shape index (κ1) is 39.6. The van der Waals surface area contributed by atoms with Crippen LogP contribution in [0.1, 0.15) is 101 Å². The van der Waals surface area contributed by atoms with E-state index in [1.807, 2.05) is 120 Å². The molecular formula is C47H52FNO6. The molecule has 5 aromatic rings. The molecule has 4 aromatic carbocycles. The molecular weight excluding hydrogens is 694 g/mol. The Balaban J connectivity index is 1.40. The van der Waals surface area contributed by atoms with E-state index in [1.54, 1.807) is 12.1 Å². The van der Waals surface area contributed by atoms with Crippen LogP contribution in [0.4, 0.5) is 4.39 Å². The van der Waals surface area contributed by atoms with Crippen LogP contribution in [0.15, 0.2) is 109 Å². The van der Waals surface area contributed by atoms with Gasteiger partial charge in [-0.05, 0) is 112 Å². The van der Waals surface area contributed by atoms with Gasteiger partial charge in [0.15, 0.2) is 11.6 Å². The van der Waals surface area contributed by atoms with Gasteiger partial charge >= 0.3 is 5.97 Å². The van der Waals surface area contributed by atoms with Gasteiger partial charge in [0.1, 0.15) is 23.8 Å². The van der Waals surface area contributed by atoms with E-state index in [4.69, 9.17) is 18.9 Å². The van der Waals surface area contributed by atoms with Crippen molar-refractivity contribution >= 4 is 11.8 Å². The summed E-state index contributed by atoms with van der Waals surface area (Å²) in [5.74, 6) is -1.07. The molecule has 6 rings (SSSR count). The molecule has 0 spiro atoms. The van der Waals surface area contributed by atoms with Crippen molar-refractivity contribution in [3.8, 4) is 28.1 Å². The molecule has 0 saturated carbocycles. The SMILES string of the molecule is CC(C)c1c(C(=O)c2ccc(OCc3ccccc3)cc2)c(-c2ccccc2)c(-c2ccc(F)cc2)n1CC[C@@H]1C[C@H](CC(=O)OC(C)(C)C)OC(C)(C)O1. The number of carbonyl (C=O) groups excluding carboxylic acids is 2. The van der Waals surface area contributed by atoms with Crippen molar-refractivity contribution < 1.29 is 32.9 Å². The maximum Gasteiger partial charge on any atom is 0.308 e. The summed E-state index contributed by atoms with van der Waals surface area (Å²) in [6, 6.07) is 33.6. The highest BCUT2D eigenvalue weighted by Crippen LogP contribution is 2.44. The van der Waals surface area contributed by atoms with Crippen LogP contribution >= 0.6 is 0 Å². The molecule has 0 amide bonds. The van der Waals surface area contributed by atoms with Gasteiger partial charge in [0.05, 0.1) is 29.9 Å². The first-order valence-electron chi connectivity index (χ1n) is 19.1. The molecule has 1 aliphatic rings.